The van der Waals surface area contributed by atoms with E-state index in [0.717, 1.165) is 20.7 Å². The quantitative estimate of drug-likeness (QED) is 0.893. The van der Waals surface area contributed by atoms with E-state index in [-0.39, 0.29) is 0 Å². The Kier molecular flexibility index (Phi) is 3.31. The van der Waals surface area contributed by atoms with Gasteiger partial charge < -0.3 is 10.7 Å². The van der Waals surface area contributed by atoms with Crippen molar-refractivity contribution in [2.45, 2.75) is 6.42 Å². The van der Waals surface area contributed by atoms with Crippen molar-refractivity contribution in [2.24, 2.45) is 5.73 Å². The standard InChI is InChI=1S/C9H9Cl2N3S/c10-6-2-1-5(15-6)8-9(11)14-7(13-8)3-4-12/h1-2H,3-4,12H2,(H,13,14). The number of nitrogens with one attached hydrogen (secondary N) is 1. The molecular formula is C9H9Cl2N3S. The van der Waals surface area contributed by atoms with Crippen LogP contribution in [-0.2, 0) is 6.42 Å². The minimum Gasteiger partial charge on any atom is -0.332 e. The molecule has 2 rings (SSSR count). The molecule has 15 heavy (non-hydrogen) atoms. The molecular weight excluding hydrogens is 253 g/mol. The fraction of sp³-hybridized carbons (Fsp3) is 0.222. The van der Waals surface area contributed by atoms with Crippen molar-refractivity contribution >= 4 is 34.5 Å². The Hall–Kier alpha value is -0.550. The molecule has 0 radical (unpaired) electrons. The molecule has 0 spiro atoms. The fourth-order valence-corrected chi connectivity index (χ4v) is 2.61. The van der Waals surface area contributed by atoms with Crippen molar-refractivity contribution in [3.63, 3.8) is 0 Å². The van der Waals surface area contributed by atoms with E-state index in [2.05, 4.69) is 9.97 Å². The smallest absolute Gasteiger partial charge is 0.135 e. The molecule has 80 valence electrons. The Morgan fingerprint density at radius 1 is 1.40 bits per heavy atom. The number of hydrogen-bond donors (Lipinski definition) is 2. The van der Waals surface area contributed by atoms with Crippen LogP contribution in [0.15, 0.2) is 12.1 Å². The minimum absolute atomic E-state index is 0.539. The lowest BCUT2D eigenvalue weighted by Crippen LogP contribution is -2.03. The molecule has 3 nitrogen and oxygen atoms in total. The van der Waals surface area contributed by atoms with E-state index < -0.39 is 0 Å². The Morgan fingerprint density at radius 3 is 2.80 bits per heavy atom. The number of hydrogen-bond acceptors (Lipinski definition) is 3. The number of halogens is 2. The van der Waals surface area contributed by atoms with E-state index >= 15 is 0 Å². The molecule has 0 aliphatic heterocycles. The highest BCUT2D eigenvalue weighted by Crippen LogP contribution is 2.33. The van der Waals surface area contributed by atoms with Crippen LogP contribution >= 0.6 is 34.5 Å². The van der Waals surface area contributed by atoms with Gasteiger partial charge in [0.15, 0.2) is 0 Å². The topological polar surface area (TPSA) is 54.7 Å². The maximum atomic E-state index is 6.03. The average Bonchev–Trinajstić information content (AvgIpc) is 2.73. The van der Waals surface area contributed by atoms with Crippen molar-refractivity contribution < 1.29 is 0 Å². The maximum absolute atomic E-state index is 6.03. The first kappa shape index (κ1) is 11.0. The van der Waals surface area contributed by atoms with Crippen molar-refractivity contribution in [1.82, 2.24) is 9.97 Å². The van der Waals surface area contributed by atoms with E-state index in [4.69, 9.17) is 28.9 Å². The van der Waals surface area contributed by atoms with Gasteiger partial charge in [0.05, 0.1) is 9.21 Å². The Bertz CT molecular complexity index is 464. The van der Waals surface area contributed by atoms with Crippen molar-refractivity contribution in [3.8, 4) is 10.6 Å². The lowest BCUT2D eigenvalue weighted by Gasteiger charge is -1.89. The summed E-state index contributed by atoms with van der Waals surface area (Å²) in [5, 5.41) is 0.539. The van der Waals surface area contributed by atoms with Crippen molar-refractivity contribution in [2.75, 3.05) is 6.54 Å². The highest BCUT2D eigenvalue weighted by molar-refractivity contribution is 7.19. The predicted molar refractivity (Wildman–Crippen MR) is 64.7 cm³/mol. The first-order valence-corrected chi connectivity index (χ1v) is 5.98. The van der Waals surface area contributed by atoms with Crippen LogP contribution in [0.1, 0.15) is 5.82 Å². The lowest BCUT2D eigenvalue weighted by atomic mass is 10.4. The molecule has 0 unspecified atom stereocenters. The molecule has 0 aliphatic carbocycles. The third kappa shape index (κ3) is 2.34. The number of imidazole rings is 1. The van der Waals surface area contributed by atoms with Gasteiger partial charge in [0, 0.05) is 6.42 Å². The van der Waals surface area contributed by atoms with Gasteiger partial charge in [0.25, 0.3) is 0 Å². The number of rotatable bonds is 3. The molecule has 0 aromatic carbocycles. The summed E-state index contributed by atoms with van der Waals surface area (Å²) in [6.45, 7) is 0.550. The number of thiophene rings is 1. The van der Waals surface area contributed by atoms with E-state index in [9.17, 15) is 0 Å². The third-order valence-corrected chi connectivity index (χ3v) is 3.41. The summed E-state index contributed by atoms with van der Waals surface area (Å²) in [6, 6.07) is 3.73. The van der Waals surface area contributed by atoms with Gasteiger partial charge in [0.1, 0.15) is 16.7 Å². The Labute approximate surface area is 101 Å². The summed E-state index contributed by atoms with van der Waals surface area (Å²) in [7, 11) is 0. The van der Waals surface area contributed by atoms with Crippen molar-refractivity contribution in [1.29, 1.82) is 0 Å². The third-order valence-electron chi connectivity index (χ3n) is 1.90. The zero-order valence-electron chi connectivity index (χ0n) is 7.76. The molecule has 2 aromatic heterocycles. The van der Waals surface area contributed by atoms with Gasteiger partial charge in [-0.3, -0.25) is 0 Å². The average molecular weight is 262 g/mol. The highest BCUT2D eigenvalue weighted by Gasteiger charge is 2.11. The van der Waals surface area contributed by atoms with Crippen LogP contribution in [0.4, 0.5) is 0 Å². The summed E-state index contributed by atoms with van der Waals surface area (Å²) in [5.41, 5.74) is 6.19. The largest absolute Gasteiger partial charge is 0.332 e. The van der Waals surface area contributed by atoms with Gasteiger partial charge in [-0.2, -0.15) is 0 Å². The van der Waals surface area contributed by atoms with Gasteiger partial charge in [-0.25, -0.2) is 4.98 Å². The molecule has 0 fully saturated rings. The monoisotopic (exact) mass is 261 g/mol. The normalized spacial score (nSPS) is 10.9. The zero-order valence-corrected chi connectivity index (χ0v) is 10.1. The van der Waals surface area contributed by atoms with Gasteiger partial charge in [-0.1, -0.05) is 23.2 Å². The van der Waals surface area contributed by atoms with Crippen LogP contribution in [0.2, 0.25) is 9.49 Å². The molecule has 3 N–H and O–H groups in total. The second-order valence-corrected chi connectivity index (χ2v) is 5.08. The maximum Gasteiger partial charge on any atom is 0.135 e. The molecule has 0 saturated carbocycles. The van der Waals surface area contributed by atoms with E-state index in [1.54, 1.807) is 0 Å². The van der Waals surface area contributed by atoms with Crippen LogP contribution < -0.4 is 5.73 Å². The van der Waals surface area contributed by atoms with Gasteiger partial charge in [0.2, 0.25) is 0 Å². The van der Waals surface area contributed by atoms with Crippen LogP contribution in [0.5, 0.6) is 0 Å². The number of H-pyrrole nitrogens is 1. The molecule has 0 amide bonds. The van der Waals surface area contributed by atoms with Gasteiger partial charge in [-0.05, 0) is 18.7 Å². The second-order valence-electron chi connectivity index (χ2n) is 2.99. The summed E-state index contributed by atoms with van der Waals surface area (Å²) >= 11 is 13.3. The number of aromatic amines is 1. The summed E-state index contributed by atoms with van der Waals surface area (Å²) in [5.74, 6) is 0.807. The number of nitrogens with zero attached hydrogens (tertiary/aromatic N) is 1. The first-order chi connectivity index (χ1) is 7.20. The van der Waals surface area contributed by atoms with Gasteiger partial charge in [-0.15, -0.1) is 11.3 Å². The molecule has 2 heterocycles. The molecule has 0 aliphatic rings. The summed E-state index contributed by atoms with van der Waals surface area (Å²) in [6.07, 6.45) is 0.693. The summed E-state index contributed by atoms with van der Waals surface area (Å²) in [4.78, 5) is 8.32. The van der Waals surface area contributed by atoms with E-state index in [1.807, 2.05) is 12.1 Å². The van der Waals surface area contributed by atoms with Crippen LogP contribution in [0.25, 0.3) is 10.6 Å². The Morgan fingerprint density at radius 2 is 2.20 bits per heavy atom. The number of nitrogens with two attached hydrogens (primary N) is 1. The number of aromatic nitrogens is 2. The molecule has 0 bridgehead atoms. The molecule has 0 saturated heterocycles. The summed E-state index contributed by atoms with van der Waals surface area (Å²) < 4.78 is 0.726. The van der Waals surface area contributed by atoms with E-state index in [1.165, 1.54) is 11.3 Å². The molecule has 0 atom stereocenters. The predicted octanol–water partition coefficient (Wildman–Crippen LogP) is 2.95. The SMILES string of the molecule is NCCc1nc(-c2ccc(Cl)s2)c(Cl)[nH]1. The zero-order chi connectivity index (χ0) is 10.8. The van der Waals surface area contributed by atoms with Crippen LogP contribution in [0, 0.1) is 0 Å². The Balaban J connectivity index is 2.35. The van der Waals surface area contributed by atoms with Crippen LogP contribution in [-0.4, -0.2) is 16.5 Å². The molecule has 6 heteroatoms. The highest BCUT2D eigenvalue weighted by atomic mass is 35.5. The molecule has 2 aromatic rings. The van der Waals surface area contributed by atoms with E-state index in [0.29, 0.717) is 18.1 Å². The second kappa shape index (κ2) is 4.53. The minimum atomic E-state index is 0.539. The lowest BCUT2D eigenvalue weighted by molar-refractivity contribution is 0.895. The fourth-order valence-electron chi connectivity index (χ4n) is 1.26. The van der Waals surface area contributed by atoms with Gasteiger partial charge >= 0.3 is 0 Å². The van der Waals surface area contributed by atoms with Crippen LogP contribution in [0.3, 0.4) is 0 Å². The van der Waals surface area contributed by atoms with Crippen molar-refractivity contribution in [3.05, 3.63) is 27.4 Å². The first-order valence-electron chi connectivity index (χ1n) is 4.41.